The molecule has 6 nitrogen and oxygen atoms in total. The highest BCUT2D eigenvalue weighted by Crippen LogP contribution is 2.28. The lowest BCUT2D eigenvalue weighted by atomic mass is 10.0. The first-order valence-electron chi connectivity index (χ1n) is 12.4. The Hall–Kier alpha value is -3.16. The highest BCUT2D eigenvalue weighted by Gasteiger charge is 2.29. The largest absolute Gasteiger partial charge is 0.495 e. The molecule has 3 rings (SSSR count). The Labute approximate surface area is 215 Å². The number of unbranched alkanes of at least 4 members (excludes halogenated alkanes) is 1. The van der Waals surface area contributed by atoms with Crippen LogP contribution in [0.15, 0.2) is 77.7 Å². The summed E-state index contributed by atoms with van der Waals surface area (Å²) in [6, 6.07) is 21.1. The minimum Gasteiger partial charge on any atom is -0.495 e. The molecule has 0 saturated heterocycles. The van der Waals surface area contributed by atoms with Gasteiger partial charge < -0.3 is 10.1 Å². The molecule has 0 saturated carbocycles. The summed E-state index contributed by atoms with van der Waals surface area (Å²) < 4.78 is 35.0. The highest BCUT2D eigenvalue weighted by atomic mass is 32.2. The van der Waals surface area contributed by atoms with E-state index in [9.17, 15) is 13.2 Å². The minimum atomic E-state index is -4.07. The molecule has 0 spiro atoms. The fourth-order valence-electron chi connectivity index (χ4n) is 3.92. The van der Waals surface area contributed by atoms with Crippen molar-refractivity contribution in [2.24, 2.45) is 0 Å². The van der Waals surface area contributed by atoms with Gasteiger partial charge >= 0.3 is 0 Å². The van der Waals surface area contributed by atoms with Crippen LogP contribution in [0.3, 0.4) is 0 Å². The highest BCUT2D eigenvalue weighted by molar-refractivity contribution is 7.89. The number of carbonyl (C=O) groups excluding carboxylic acids is 1. The van der Waals surface area contributed by atoms with Crippen molar-refractivity contribution in [1.29, 1.82) is 0 Å². The topological polar surface area (TPSA) is 84.5 Å². The second kappa shape index (κ2) is 12.7. The van der Waals surface area contributed by atoms with Crippen molar-refractivity contribution < 1.29 is 17.9 Å². The minimum absolute atomic E-state index is 0.0161. The van der Waals surface area contributed by atoms with Crippen LogP contribution in [0.2, 0.25) is 0 Å². The molecule has 3 aromatic carbocycles. The van der Waals surface area contributed by atoms with Crippen LogP contribution in [0.4, 0.5) is 5.69 Å². The summed E-state index contributed by atoms with van der Waals surface area (Å²) in [4.78, 5) is 13.4. The second-order valence-corrected chi connectivity index (χ2v) is 10.9. The van der Waals surface area contributed by atoms with Gasteiger partial charge in [0.05, 0.1) is 7.11 Å². The zero-order chi connectivity index (χ0) is 26.1. The number of aryl methyl sites for hydroxylation is 1. The van der Waals surface area contributed by atoms with E-state index in [2.05, 4.69) is 17.0 Å². The van der Waals surface area contributed by atoms with Gasteiger partial charge in [-0.25, -0.2) is 8.42 Å². The molecule has 0 aromatic heterocycles. The number of benzene rings is 3. The summed E-state index contributed by atoms with van der Waals surface area (Å²) >= 11 is 0. The molecule has 1 unspecified atom stereocenters. The maximum atomic E-state index is 13.5. The second-order valence-electron chi connectivity index (χ2n) is 9.22. The third-order valence-electron chi connectivity index (χ3n) is 6.08. The predicted octanol–water partition coefficient (Wildman–Crippen LogP) is 5.69. The summed E-state index contributed by atoms with van der Waals surface area (Å²) in [5, 5.41) is 2.88. The Morgan fingerprint density at radius 2 is 1.64 bits per heavy atom. The lowest BCUT2D eigenvalue weighted by molar-refractivity contribution is -0.117. The summed E-state index contributed by atoms with van der Waals surface area (Å²) in [7, 11) is -2.64. The molecule has 1 amide bonds. The summed E-state index contributed by atoms with van der Waals surface area (Å²) in [5.41, 5.74) is 3.53. The standard InChI is InChI=1S/C29H36N2O4S/c1-5-6-10-22-13-16-25(17-14-22)30-29(32)26(19-23-11-8-7-9-12-23)31-36(33,34)28-20-24(21(2)3)15-18-27(28)35-4/h7-9,11-18,20-21,26,31H,5-6,10,19H2,1-4H3,(H,30,32). The molecule has 192 valence electrons. The molecular formula is C29H36N2O4S. The normalized spacial score (nSPS) is 12.4. The number of rotatable bonds is 12. The molecular weight excluding hydrogens is 472 g/mol. The maximum absolute atomic E-state index is 13.5. The van der Waals surface area contributed by atoms with Crippen molar-refractivity contribution in [2.75, 3.05) is 12.4 Å². The van der Waals surface area contributed by atoms with E-state index < -0.39 is 22.0 Å². The average Bonchev–Trinajstić information content (AvgIpc) is 2.88. The van der Waals surface area contributed by atoms with Gasteiger partial charge in [0, 0.05) is 5.69 Å². The van der Waals surface area contributed by atoms with E-state index in [4.69, 9.17) is 4.74 Å². The smallest absolute Gasteiger partial charge is 0.245 e. The SMILES string of the molecule is CCCCc1ccc(NC(=O)C(Cc2ccccc2)NS(=O)(=O)c2cc(C(C)C)ccc2OC)cc1. The third-order valence-corrected chi connectivity index (χ3v) is 7.57. The van der Waals surface area contributed by atoms with Gasteiger partial charge in [-0.15, -0.1) is 0 Å². The van der Waals surface area contributed by atoms with Crippen molar-refractivity contribution in [2.45, 2.75) is 63.3 Å². The van der Waals surface area contributed by atoms with Gasteiger partial charge in [0.1, 0.15) is 16.7 Å². The fourth-order valence-corrected chi connectivity index (χ4v) is 5.32. The van der Waals surface area contributed by atoms with E-state index in [-0.39, 0.29) is 23.0 Å². The molecule has 36 heavy (non-hydrogen) atoms. The molecule has 0 fully saturated rings. The van der Waals surface area contributed by atoms with E-state index in [1.165, 1.54) is 12.7 Å². The predicted molar refractivity (Wildman–Crippen MR) is 145 cm³/mol. The van der Waals surface area contributed by atoms with Crippen LogP contribution in [0.1, 0.15) is 56.2 Å². The van der Waals surface area contributed by atoms with Gasteiger partial charge in [-0.05, 0) is 66.1 Å². The van der Waals surface area contributed by atoms with Gasteiger partial charge in [-0.1, -0.05) is 75.7 Å². The van der Waals surface area contributed by atoms with Crippen LogP contribution in [-0.2, 0) is 27.7 Å². The molecule has 1 atom stereocenters. The van der Waals surface area contributed by atoms with Crippen LogP contribution in [0.5, 0.6) is 5.75 Å². The Morgan fingerprint density at radius 3 is 2.25 bits per heavy atom. The Kier molecular flexibility index (Phi) is 9.67. The number of amides is 1. The number of ether oxygens (including phenoxy) is 1. The van der Waals surface area contributed by atoms with Crippen LogP contribution in [0, 0.1) is 0 Å². The molecule has 0 aliphatic heterocycles. The van der Waals surface area contributed by atoms with E-state index >= 15 is 0 Å². The Balaban J connectivity index is 1.88. The summed E-state index contributed by atoms with van der Waals surface area (Å²) in [6.07, 6.45) is 3.41. The van der Waals surface area contributed by atoms with Crippen molar-refractivity contribution in [3.05, 3.63) is 89.5 Å². The summed E-state index contributed by atoms with van der Waals surface area (Å²) in [5.74, 6) is -0.0651. The first-order valence-corrected chi connectivity index (χ1v) is 13.9. The number of sulfonamides is 1. The lowest BCUT2D eigenvalue weighted by Gasteiger charge is -2.20. The lowest BCUT2D eigenvalue weighted by Crippen LogP contribution is -2.45. The van der Waals surface area contributed by atoms with Crippen LogP contribution >= 0.6 is 0 Å². The zero-order valence-electron chi connectivity index (χ0n) is 21.5. The zero-order valence-corrected chi connectivity index (χ0v) is 22.3. The van der Waals surface area contributed by atoms with Gasteiger partial charge in [0.2, 0.25) is 15.9 Å². The van der Waals surface area contributed by atoms with Crippen LogP contribution < -0.4 is 14.8 Å². The number of hydrogen-bond donors (Lipinski definition) is 2. The molecule has 0 aliphatic rings. The van der Waals surface area contributed by atoms with Crippen molar-refractivity contribution >= 4 is 21.6 Å². The van der Waals surface area contributed by atoms with Crippen molar-refractivity contribution in [3.63, 3.8) is 0 Å². The fraction of sp³-hybridized carbons (Fsp3) is 0.345. The van der Waals surface area contributed by atoms with Gasteiger partial charge in [0.25, 0.3) is 0 Å². The number of hydrogen-bond acceptors (Lipinski definition) is 4. The third kappa shape index (κ3) is 7.42. The average molecular weight is 509 g/mol. The van der Waals surface area contributed by atoms with E-state index in [1.807, 2.05) is 74.5 Å². The van der Waals surface area contributed by atoms with E-state index in [1.54, 1.807) is 12.1 Å². The Morgan fingerprint density at radius 1 is 0.944 bits per heavy atom. The van der Waals surface area contributed by atoms with Crippen LogP contribution in [-0.4, -0.2) is 27.5 Å². The molecule has 2 N–H and O–H groups in total. The van der Waals surface area contributed by atoms with E-state index in [0.717, 1.165) is 30.4 Å². The quantitative estimate of drug-likeness (QED) is 0.329. The molecule has 0 radical (unpaired) electrons. The molecule has 0 bridgehead atoms. The first kappa shape index (κ1) is 27.4. The van der Waals surface area contributed by atoms with Crippen molar-refractivity contribution in [1.82, 2.24) is 4.72 Å². The Bertz CT molecular complexity index is 1240. The molecule has 0 aliphatic carbocycles. The number of nitrogens with one attached hydrogen (secondary N) is 2. The maximum Gasteiger partial charge on any atom is 0.245 e. The number of carbonyl (C=O) groups is 1. The molecule has 7 heteroatoms. The first-order chi connectivity index (χ1) is 17.2. The van der Waals surface area contributed by atoms with Gasteiger partial charge in [0.15, 0.2) is 0 Å². The van der Waals surface area contributed by atoms with Gasteiger partial charge in [-0.3, -0.25) is 4.79 Å². The molecule has 3 aromatic rings. The van der Waals surface area contributed by atoms with Gasteiger partial charge in [-0.2, -0.15) is 4.72 Å². The molecule has 0 heterocycles. The number of methoxy groups -OCH3 is 1. The van der Waals surface area contributed by atoms with Crippen LogP contribution in [0.25, 0.3) is 0 Å². The summed E-state index contributed by atoms with van der Waals surface area (Å²) in [6.45, 7) is 6.13. The van der Waals surface area contributed by atoms with Crippen molar-refractivity contribution in [3.8, 4) is 5.75 Å². The monoisotopic (exact) mass is 508 g/mol. The number of anilines is 1. The van der Waals surface area contributed by atoms with E-state index in [0.29, 0.717) is 5.69 Å².